The first-order valence-electron chi connectivity index (χ1n) is 9.00. The molecule has 0 saturated heterocycles. The number of furan rings is 2. The lowest BCUT2D eigenvalue weighted by Gasteiger charge is -2.00. The van der Waals surface area contributed by atoms with Crippen LogP contribution in [0.25, 0.3) is 0 Å². The molecule has 12 nitrogen and oxygen atoms in total. The molecule has 0 aromatic carbocycles. The summed E-state index contributed by atoms with van der Waals surface area (Å²) in [6.07, 6.45) is 0.707. The van der Waals surface area contributed by atoms with Gasteiger partial charge in [0.05, 0.1) is 19.8 Å². The number of aliphatic hydroxyl groups excluding tert-OH is 2. The van der Waals surface area contributed by atoms with E-state index in [4.69, 9.17) is 28.9 Å². The Kier molecular flexibility index (Phi) is 11.1. The average Bonchev–Trinajstić information content (AvgIpc) is 3.45. The predicted molar refractivity (Wildman–Crippen MR) is 99.7 cm³/mol. The van der Waals surface area contributed by atoms with Gasteiger partial charge in [-0.2, -0.15) is 0 Å². The summed E-state index contributed by atoms with van der Waals surface area (Å²) in [6.45, 7) is 1.27. The Morgan fingerprint density at radius 2 is 1.06 bits per heavy atom. The molecule has 2 aromatic rings. The number of carboxylic acids is 1. The highest BCUT2D eigenvalue weighted by molar-refractivity contribution is 5.91. The molecule has 170 valence electrons. The van der Waals surface area contributed by atoms with Gasteiger partial charge in [-0.05, 0) is 30.7 Å². The summed E-state index contributed by atoms with van der Waals surface area (Å²) >= 11 is 0. The molecule has 0 bridgehead atoms. The lowest BCUT2D eigenvalue weighted by atomic mass is 10.4. The smallest absolute Gasteiger partial charge is 0.374 e. The van der Waals surface area contributed by atoms with Crippen LogP contribution in [0.4, 0.5) is 0 Å². The molecule has 31 heavy (non-hydrogen) atoms. The molecule has 0 amide bonds. The van der Waals surface area contributed by atoms with Crippen molar-refractivity contribution in [3.8, 4) is 0 Å². The number of carbonyl (C=O) groups is 4. The first-order valence-corrected chi connectivity index (χ1v) is 9.00. The molecule has 12 heteroatoms. The van der Waals surface area contributed by atoms with Crippen molar-refractivity contribution in [3.63, 3.8) is 0 Å². The van der Waals surface area contributed by atoms with Crippen LogP contribution in [0.3, 0.4) is 0 Å². The highest BCUT2D eigenvalue weighted by atomic mass is 16.6. The zero-order chi connectivity index (χ0) is 23.2. The van der Waals surface area contributed by atoms with E-state index in [2.05, 4.69) is 9.47 Å². The molecule has 3 N–H and O–H groups in total. The van der Waals surface area contributed by atoms with Crippen molar-refractivity contribution >= 4 is 23.9 Å². The number of esters is 3. The minimum Gasteiger partial charge on any atom is -0.475 e. The van der Waals surface area contributed by atoms with Gasteiger partial charge >= 0.3 is 23.9 Å². The lowest BCUT2D eigenvalue weighted by Crippen LogP contribution is -2.09. The Labute approximate surface area is 175 Å². The molecule has 0 atom stereocenters. The minimum atomic E-state index is -1.21. The lowest BCUT2D eigenvalue weighted by molar-refractivity contribution is 0.0361. The molecular weight excluding hydrogens is 420 g/mol. The summed E-state index contributed by atoms with van der Waals surface area (Å²) in [5.41, 5.74) is 0. The van der Waals surface area contributed by atoms with Gasteiger partial charge in [0, 0.05) is 0 Å². The van der Waals surface area contributed by atoms with Crippen LogP contribution in [0, 0.1) is 0 Å². The molecule has 0 spiro atoms. The van der Waals surface area contributed by atoms with Gasteiger partial charge in [0.1, 0.15) is 13.2 Å². The summed E-state index contributed by atoms with van der Waals surface area (Å²) in [4.78, 5) is 44.0. The first kappa shape index (κ1) is 25.4. The summed E-state index contributed by atoms with van der Waals surface area (Å²) in [7, 11) is 0. The van der Waals surface area contributed by atoms with Gasteiger partial charge in [-0.25, -0.2) is 19.2 Å². The normalized spacial score (nSPS) is 9.90. The third kappa shape index (κ3) is 8.72. The topological polar surface area (TPSA) is 183 Å². The Bertz CT molecular complexity index is 828. The summed E-state index contributed by atoms with van der Waals surface area (Å²) in [5.74, 6) is -4.08. The number of aromatic carboxylic acids is 1. The molecule has 0 radical (unpaired) electrons. The molecule has 2 aromatic heterocycles. The fraction of sp³-hybridized carbons (Fsp3) is 0.368. The Morgan fingerprint density at radius 3 is 1.39 bits per heavy atom. The fourth-order valence-corrected chi connectivity index (χ4v) is 1.80. The molecule has 0 fully saturated rings. The zero-order valence-corrected chi connectivity index (χ0v) is 16.6. The SMILES string of the molecule is CCCOC(=O)c1ccc(C(=O)O)o1.O=C(OCCO)c1ccc(C(=O)OCCO)o1. The summed E-state index contributed by atoms with van der Waals surface area (Å²) in [6, 6.07) is 5.01. The van der Waals surface area contributed by atoms with Crippen LogP contribution in [-0.4, -0.2) is 72.2 Å². The third-order valence-corrected chi connectivity index (χ3v) is 3.11. The van der Waals surface area contributed by atoms with Crippen molar-refractivity contribution in [2.45, 2.75) is 13.3 Å². The maximum Gasteiger partial charge on any atom is 0.374 e. The maximum atomic E-state index is 11.2. The van der Waals surface area contributed by atoms with Gasteiger partial charge < -0.3 is 38.4 Å². The molecule has 2 rings (SSSR count). The van der Waals surface area contributed by atoms with E-state index in [1.54, 1.807) is 0 Å². The highest BCUT2D eigenvalue weighted by Crippen LogP contribution is 2.11. The van der Waals surface area contributed by atoms with Crippen LogP contribution in [0.1, 0.15) is 55.6 Å². The van der Waals surface area contributed by atoms with Crippen LogP contribution in [-0.2, 0) is 14.2 Å². The minimum absolute atomic E-state index is 0.0872. The standard InChI is InChI=1S/C10H12O7.C9H10O5/c11-3-5-15-9(13)7-1-2-8(17-7)10(14)16-6-4-12;1-2-5-13-9(12)7-4-3-6(14-7)8(10)11/h1-2,11-12H,3-6H2;3-4H,2,5H2,1H3,(H,10,11). The van der Waals surface area contributed by atoms with Gasteiger partial charge in [0.25, 0.3) is 0 Å². The number of carbonyl (C=O) groups excluding carboxylic acids is 3. The van der Waals surface area contributed by atoms with Crippen molar-refractivity contribution in [3.05, 3.63) is 47.3 Å². The van der Waals surface area contributed by atoms with E-state index in [0.29, 0.717) is 13.0 Å². The van der Waals surface area contributed by atoms with E-state index in [0.717, 1.165) is 0 Å². The molecule has 0 unspecified atom stereocenters. The van der Waals surface area contributed by atoms with Crippen LogP contribution in [0.15, 0.2) is 33.1 Å². The zero-order valence-electron chi connectivity index (χ0n) is 16.6. The van der Waals surface area contributed by atoms with Crippen molar-refractivity contribution in [2.24, 2.45) is 0 Å². The highest BCUT2D eigenvalue weighted by Gasteiger charge is 2.17. The Morgan fingerprint density at radius 1 is 0.710 bits per heavy atom. The summed E-state index contributed by atoms with van der Waals surface area (Å²) < 4.78 is 23.5. The number of rotatable bonds is 10. The van der Waals surface area contributed by atoms with Crippen LogP contribution in [0.5, 0.6) is 0 Å². The number of hydrogen-bond acceptors (Lipinski definition) is 11. The number of ether oxygens (including phenoxy) is 3. The van der Waals surface area contributed by atoms with Gasteiger partial charge in [0.2, 0.25) is 23.0 Å². The van der Waals surface area contributed by atoms with Crippen LogP contribution in [0.2, 0.25) is 0 Å². The van der Waals surface area contributed by atoms with E-state index in [1.165, 1.54) is 24.3 Å². The van der Waals surface area contributed by atoms with Crippen molar-refractivity contribution in [1.82, 2.24) is 0 Å². The Balaban J connectivity index is 0.000000316. The van der Waals surface area contributed by atoms with E-state index in [-0.39, 0.29) is 49.5 Å². The molecule has 0 saturated carbocycles. The van der Waals surface area contributed by atoms with Crippen LogP contribution < -0.4 is 0 Å². The molecule has 2 heterocycles. The van der Waals surface area contributed by atoms with Crippen molar-refractivity contribution < 1.29 is 57.5 Å². The second-order valence-corrected chi connectivity index (χ2v) is 5.49. The fourth-order valence-electron chi connectivity index (χ4n) is 1.80. The van der Waals surface area contributed by atoms with Gasteiger partial charge in [0.15, 0.2) is 0 Å². The number of aliphatic hydroxyl groups is 2. The second kappa shape index (κ2) is 13.6. The van der Waals surface area contributed by atoms with Crippen molar-refractivity contribution in [2.75, 3.05) is 33.0 Å². The van der Waals surface area contributed by atoms with Gasteiger partial charge in [-0.3, -0.25) is 0 Å². The quantitative estimate of drug-likeness (QED) is 0.352. The van der Waals surface area contributed by atoms with E-state index in [1.807, 2.05) is 6.92 Å². The van der Waals surface area contributed by atoms with Gasteiger partial charge in [-0.1, -0.05) is 6.92 Å². The molecule has 0 aliphatic rings. The van der Waals surface area contributed by atoms with E-state index >= 15 is 0 Å². The maximum absolute atomic E-state index is 11.2. The number of carboxylic acid groups (broad SMARTS) is 1. The third-order valence-electron chi connectivity index (χ3n) is 3.11. The molecule has 0 aliphatic heterocycles. The molecular formula is C19H22O12. The predicted octanol–water partition coefficient (Wildman–Crippen LogP) is 1.12. The second-order valence-electron chi connectivity index (χ2n) is 5.49. The van der Waals surface area contributed by atoms with Crippen molar-refractivity contribution in [1.29, 1.82) is 0 Å². The van der Waals surface area contributed by atoms with E-state index in [9.17, 15) is 19.2 Å². The average molecular weight is 442 g/mol. The first-order chi connectivity index (χ1) is 14.8. The van der Waals surface area contributed by atoms with Gasteiger partial charge in [-0.15, -0.1) is 0 Å². The number of hydrogen-bond donors (Lipinski definition) is 3. The monoisotopic (exact) mass is 442 g/mol. The molecule has 0 aliphatic carbocycles. The largest absolute Gasteiger partial charge is 0.475 e. The van der Waals surface area contributed by atoms with E-state index < -0.39 is 23.9 Å². The van der Waals surface area contributed by atoms with Crippen LogP contribution >= 0.6 is 0 Å². The Hall–Kier alpha value is -3.64. The summed E-state index contributed by atoms with van der Waals surface area (Å²) in [5, 5.41) is 25.4.